The lowest BCUT2D eigenvalue weighted by Gasteiger charge is -2.31. The van der Waals surface area contributed by atoms with Gasteiger partial charge in [-0.25, -0.2) is 4.98 Å². The van der Waals surface area contributed by atoms with E-state index in [2.05, 4.69) is 15.9 Å². The molecule has 4 rings (SSSR count). The first kappa shape index (κ1) is 17.2. The average Bonchev–Trinajstić information content (AvgIpc) is 3.23. The molecule has 0 spiro atoms. The summed E-state index contributed by atoms with van der Waals surface area (Å²) in [6.07, 6.45) is 5.42. The number of thiazole rings is 1. The van der Waals surface area contributed by atoms with Gasteiger partial charge in [-0.2, -0.15) is 0 Å². The Balaban J connectivity index is 1.57. The Labute approximate surface area is 160 Å². The number of rotatable bonds is 5. The van der Waals surface area contributed by atoms with Crippen molar-refractivity contribution in [1.82, 2.24) is 4.98 Å². The van der Waals surface area contributed by atoms with Crippen LogP contribution >= 0.6 is 27.3 Å². The zero-order chi connectivity index (χ0) is 17.2. The van der Waals surface area contributed by atoms with Gasteiger partial charge in [-0.05, 0) is 37.8 Å². The van der Waals surface area contributed by atoms with Gasteiger partial charge >= 0.3 is 0 Å². The number of nitrogens with zero attached hydrogens (tertiary/aromatic N) is 2. The van der Waals surface area contributed by atoms with Crippen LogP contribution in [-0.2, 0) is 9.53 Å². The summed E-state index contributed by atoms with van der Waals surface area (Å²) in [6, 6.07) is 8.11. The van der Waals surface area contributed by atoms with Crippen LogP contribution in [0.4, 0.5) is 5.13 Å². The lowest BCUT2D eigenvalue weighted by molar-refractivity contribution is -0.125. The number of halogens is 1. The number of anilines is 1. The van der Waals surface area contributed by atoms with Gasteiger partial charge in [0.1, 0.15) is 0 Å². The Bertz CT molecular complexity index is 736. The van der Waals surface area contributed by atoms with Gasteiger partial charge in [0.2, 0.25) is 5.91 Å². The number of ether oxygens (including phenoxy) is 1. The Morgan fingerprint density at radius 1 is 1.24 bits per heavy atom. The quantitative estimate of drug-likeness (QED) is 0.691. The van der Waals surface area contributed by atoms with Gasteiger partial charge in [-0.1, -0.05) is 34.5 Å². The molecule has 1 aromatic carbocycles. The van der Waals surface area contributed by atoms with Crippen molar-refractivity contribution in [2.45, 2.75) is 38.2 Å². The third-order valence-corrected chi connectivity index (χ3v) is 6.39. The van der Waals surface area contributed by atoms with Crippen molar-refractivity contribution in [2.75, 3.05) is 18.1 Å². The third kappa shape index (κ3) is 3.81. The summed E-state index contributed by atoms with van der Waals surface area (Å²) < 4.78 is 6.82. The second-order valence-corrected chi connectivity index (χ2v) is 8.49. The number of benzene rings is 1. The van der Waals surface area contributed by atoms with E-state index >= 15 is 0 Å². The summed E-state index contributed by atoms with van der Waals surface area (Å²) in [5, 5.41) is 2.83. The van der Waals surface area contributed by atoms with Crippen LogP contribution in [0, 0.1) is 5.92 Å². The Morgan fingerprint density at radius 2 is 2.04 bits per heavy atom. The molecule has 1 aliphatic carbocycles. The van der Waals surface area contributed by atoms with Crippen molar-refractivity contribution < 1.29 is 9.53 Å². The van der Waals surface area contributed by atoms with Gasteiger partial charge in [0.15, 0.2) is 5.13 Å². The normalized spacial score (nSPS) is 20.4. The molecule has 6 heteroatoms. The van der Waals surface area contributed by atoms with Crippen molar-refractivity contribution in [3.8, 4) is 11.3 Å². The van der Waals surface area contributed by atoms with E-state index < -0.39 is 0 Å². The third-order valence-electron chi connectivity index (χ3n) is 4.99. The highest BCUT2D eigenvalue weighted by Gasteiger charge is 2.33. The molecule has 1 saturated carbocycles. The maximum Gasteiger partial charge on any atom is 0.231 e. The molecule has 1 atom stereocenters. The van der Waals surface area contributed by atoms with Gasteiger partial charge < -0.3 is 4.74 Å². The number of hydrogen-bond donors (Lipinski definition) is 0. The van der Waals surface area contributed by atoms with E-state index in [1.165, 1.54) is 0 Å². The molecule has 0 radical (unpaired) electrons. The molecule has 4 nitrogen and oxygen atoms in total. The van der Waals surface area contributed by atoms with Gasteiger partial charge in [0, 0.05) is 27.9 Å². The fourth-order valence-electron chi connectivity index (χ4n) is 3.27. The monoisotopic (exact) mass is 420 g/mol. The fraction of sp³-hybridized carbons (Fsp3) is 0.474. The predicted molar refractivity (Wildman–Crippen MR) is 104 cm³/mol. The number of amides is 1. The van der Waals surface area contributed by atoms with Crippen LogP contribution in [0.15, 0.2) is 34.1 Å². The number of hydrogen-bond acceptors (Lipinski definition) is 4. The van der Waals surface area contributed by atoms with E-state index in [0.29, 0.717) is 6.54 Å². The molecule has 1 saturated heterocycles. The lowest BCUT2D eigenvalue weighted by atomic mass is 9.84. The minimum atomic E-state index is 0.143. The zero-order valence-electron chi connectivity index (χ0n) is 14.0. The zero-order valence-corrected chi connectivity index (χ0v) is 16.4. The predicted octanol–water partition coefficient (Wildman–Crippen LogP) is 4.88. The molecule has 1 aliphatic heterocycles. The fourth-order valence-corrected chi connectivity index (χ4v) is 4.38. The van der Waals surface area contributed by atoms with Gasteiger partial charge in [0.05, 0.1) is 18.3 Å². The van der Waals surface area contributed by atoms with Crippen LogP contribution in [0.25, 0.3) is 11.3 Å². The van der Waals surface area contributed by atoms with Gasteiger partial charge in [-0.3, -0.25) is 9.69 Å². The van der Waals surface area contributed by atoms with E-state index in [1.54, 1.807) is 11.3 Å². The SMILES string of the molecule is O=C(C1CCC1)N(C[C@@H]1CCCO1)c1nc(-c2ccc(Br)cc2)cs1. The number of carbonyl (C=O) groups excluding carboxylic acids is 1. The van der Waals surface area contributed by atoms with Crippen molar-refractivity contribution >= 4 is 38.3 Å². The molecule has 2 aromatic rings. The molecule has 0 bridgehead atoms. The van der Waals surface area contributed by atoms with Crippen molar-refractivity contribution in [1.29, 1.82) is 0 Å². The average molecular weight is 421 g/mol. The molecule has 132 valence electrons. The van der Waals surface area contributed by atoms with E-state index in [0.717, 1.165) is 59.6 Å². The van der Waals surface area contributed by atoms with Crippen LogP contribution in [0.2, 0.25) is 0 Å². The number of aromatic nitrogens is 1. The smallest absolute Gasteiger partial charge is 0.231 e. The van der Waals surface area contributed by atoms with E-state index in [4.69, 9.17) is 9.72 Å². The molecule has 2 heterocycles. The Kier molecular flexibility index (Phi) is 5.20. The van der Waals surface area contributed by atoms with Crippen LogP contribution in [0.5, 0.6) is 0 Å². The molecule has 25 heavy (non-hydrogen) atoms. The molecule has 0 N–H and O–H groups in total. The molecule has 2 fully saturated rings. The maximum atomic E-state index is 12.9. The summed E-state index contributed by atoms with van der Waals surface area (Å²) in [7, 11) is 0. The van der Waals surface area contributed by atoms with E-state index in [9.17, 15) is 4.79 Å². The highest BCUT2D eigenvalue weighted by molar-refractivity contribution is 9.10. The summed E-state index contributed by atoms with van der Waals surface area (Å²) in [5.41, 5.74) is 1.99. The molecule has 1 amide bonds. The first-order valence-electron chi connectivity index (χ1n) is 8.85. The maximum absolute atomic E-state index is 12.9. The standard InChI is InChI=1S/C19H21BrN2O2S/c20-15-8-6-13(7-9-15)17-12-25-19(21-17)22(11-16-5-2-10-24-16)18(23)14-3-1-4-14/h6-9,12,14,16H,1-5,10-11H2/t16-/m0/s1. The second-order valence-electron chi connectivity index (χ2n) is 6.73. The minimum Gasteiger partial charge on any atom is -0.376 e. The molecular formula is C19H21BrN2O2S. The summed E-state index contributed by atoms with van der Waals surface area (Å²) in [5.74, 6) is 0.389. The summed E-state index contributed by atoms with van der Waals surface area (Å²) >= 11 is 5.01. The highest BCUT2D eigenvalue weighted by Crippen LogP contribution is 2.34. The molecule has 2 aliphatic rings. The number of carbonyl (C=O) groups is 1. The summed E-state index contributed by atoms with van der Waals surface area (Å²) in [4.78, 5) is 19.6. The molecule has 1 aromatic heterocycles. The lowest BCUT2D eigenvalue weighted by Crippen LogP contribution is -2.43. The Morgan fingerprint density at radius 3 is 2.68 bits per heavy atom. The largest absolute Gasteiger partial charge is 0.376 e. The van der Waals surface area contributed by atoms with Crippen molar-refractivity contribution in [3.63, 3.8) is 0 Å². The second kappa shape index (κ2) is 7.56. The van der Waals surface area contributed by atoms with Crippen molar-refractivity contribution in [3.05, 3.63) is 34.1 Å². The van der Waals surface area contributed by atoms with E-state index in [-0.39, 0.29) is 17.9 Å². The first-order valence-corrected chi connectivity index (χ1v) is 10.5. The summed E-state index contributed by atoms with van der Waals surface area (Å²) in [6.45, 7) is 1.43. The highest BCUT2D eigenvalue weighted by atomic mass is 79.9. The topological polar surface area (TPSA) is 42.4 Å². The van der Waals surface area contributed by atoms with E-state index in [1.807, 2.05) is 34.5 Å². The van der Waals surface area contributed by atoms with Gasteiger partial charge in [-0.15, -0.1) is 11.3 Å². The first-order chi connectivity index (χ1) is 12.2. The molecular weight excluding hydrogens is 400 g/mol. The van der Waals surface area contributed by atoms with Gasteiger partial charge in [0.25, 0.3) is 0 Å². The molecule has 0 unspecified atom stereocenters. The van der Waals surface area contributed by atoms with Crippen LogP contribution < -0.4 is 4.90 Å². The van der Waals surface area contributed by atoms with Crippen LogP contribution in [0.3, 0.4) is 0 Å². The van der Waals surface area contributed by atoms with Crippen molar-refractivity contribution in [2.24, 2.45) is 5.92 Å². The minimum absolute atomic E-state index is 0.143. The van der Waals surface area contributed by atoms with Crippen LogP contribution in [-0.4, -0.2) is 30.1 Å². The van der Waals surface area contributed by atoms with Crippen LogP contribution in [0.1, 0.15) is 32.1 Å². The Hall–Kier alpha value is -1.24.